The summed E-state index contributed by atoms with van der Waals surface area (Å²) >= 11 is 1.55. The first-order chi connectivity index (χ1) is 8.65. The molecule has 0 saturated heterocycles. The number of rotatable bonds is 9. The lowest BCUT2D eigenvalue weighted by molar-refractivity contribution is 0.0418. The Balaban J connectivity index is 2.34. The third-order valence-corrected chi connectivity index (χ3v) is 3.15. The molecule has 0 fully saturated rings. The van der Waals surface area contributed by atoms with Crippen molar-refractivity contribution in [3.8, 4) is 0 Å². The Kier molecular flexibility index (Phi) is 7.11. The second kappa shape index (κ2) is 8.36. The Morgan fingerprint density at radius 1 is 1.50 bits per heavy atom. The molecule has 6 nitrogen and oxygen atoms in total. The molecule has 1 aromatic rings. The first-order valence-corrected chi connectivity index (χ1v) is 6.89. The third kappa shape index (κ3) is 5.72. The zero-order valence-electron chi connectivity index (χ0n) is 11.2. The van der Waals surface area contributed by atoms with E-state index in [1.165, 1.54) is 0 Å². The zero-order valence-corrected chi connectivity index (χ0v) is 12.0. The van der Waals surface area contributed by atoms with Crippen LogP contribution in [0.3, 0.4) is 0 Å². The molecule has 1 unspecified atom stereocenters. The SMILES string of the molecule is CCCNc1nnc(CN(C)CC(O)COC)s1. The molecule has 7 heteroatoms. The van der Waals surface area contributed by atoms with E-state index in [9.17, 15) is 5.11 Å². The molecule has 0 amide bonds. The number of nitrogens with zero attached hydrogens (tertiary/aromatic N) is 3. The number of ether oxygens (including phenoxy) is 1. The Morgan fingerprint density at radius 2 is 2.28 bits per heavy atom. The van der Waals surface area contributed by atoms with Crippen LogP contribution in [0.1, 0.15) is 18.4 Å². The van der Waals surface area contributed by atoms with E-state index in [0.717, 1.165) is 23.1 Å². The lowest BCUT2D eigenvalue weighted by atomic mass is 10.3. The van der Waals surface area contributed by atoms with Crippen LogP contribution in [-0.4, -0.2) is 60.2 Å². The number of likely N-dealkylation sites (N-methyl/N-ethyl adjacent to an activating group) is 1. The molecule has 0 aromatic carbocycles. The van der Waals surface area contributed by atoms with Crippen molar-refractivity contribution in [1.82, 2.24) is 15.1 Å². The molecule has 2 N–H and O–H groups in total. The molecule has 0 aliphatic heterocycles. The van der Waals surface area contributed by atoms with E-state index in [1.807, 2.05) is 11.9 Å². The number of aliphatic hydroxyl groups excluding tert-OH is 1. The lowest BCUT2D eigenvalue weighted by Gasteiger charge is -2.18. The lowest BCUT2D eigenvalue weighted by Crippen LogP contribution is -2.31. The van der Waals surface area contributed by atoms with E-state index in [4.69, 9.17) is 4.74 Å². The van der Waals surface area contributed by atoms with Gasteiger partial charge in [-0.05, 0) is 13.5 Å². The zero-order chi connectivity index (χ0) is 13.4. The maximum atomic E-state index is 9.61. The molecule has 0 bridgehead atoms. The minimum absolute atomic E-state index is 0.351. The van der Waals surface area contributed by atoms with Crippen LogP contribution in [0.2, 0.25) is 0 Å². The van der Waals surface area contributed by atoms with E-state index >= 15 is 0 Å². The third-order valence-electron chi connectivity index (χ3n) is 2.28. The van der Waals surface area contributed by atoms with Crippen molar-refractivity contribution in [2.24, 2.45) is 0 Å². The van der Waals surface area contributed by atoms with E-state index in [1.54, 1.807) is 18.4 Å². The van der Waals surface area contributed by atoms with Gasteiger partial charge in [0, 0.05) is 20.2 Å². The summed E-state index contributed by atoms with van der Waals surface area (Å²) in [6, 6.07) is 0. The van der Waals surface area contributed by atoms with E-state index in [-0.39, 0.29) is 0 Å². The van der Waals surface area contributed by atoms with Gasteiger partial charge < -0.3 is 15.2 Å². The van der Waals surface area contributed by atoms with Gasteiger partial charge in [-0.2, -0.15) is 0 Å². The quantitative estimate of drug-likeness (QED) is 0.694. The van der Waals surface area contributed by atoms with Gasteiger partial charge in [-0.1, -0.05) is 18.3 Å². The molecule has 1 heterocycles. The highest BCUT2D eigenvalue weighted by Gasteiger charge is 2.11. The molecule has 0 spiro atoms. The number of nitrogens with one attached hydrogen (secondary N) is 1. The molecule has 0 aliphatic rings. The summed E-state index contributed by atoms with van der Waals surface area (Å²) in [7, 11) is 3.53. The van der Waals surface area contributed by atoms with E-state index < -0.39 is 6.10 Å². The molecular formula is C11H22N4O2S. The highest BCUT2D eigenvalue weighted by atomic mass is 32.1. The van der Waals surface area contributed by atoms with Gasteiger partial charge in [0.25, 0.3) is 0 Å². The van der Waals surface area contributed by atoms with Crippen LogP contribution < -0.4 is 5.32 Å². The van der Waals surface area contributed by atoms with Gasteiger partial charge in [-0.3, -0.25) is 4.90 Å². The van der Waals surface area contributed by atoms with Crippen LogP contribution in [0.25, 0.3) is 0 Å². The van der Waals surface area contributed by atoms with Crippen LogP contribution in [0.5, 0.6) is 0 Å². The monoisotopic (exact) mass is 274 g/mol. The second-order valence-corrected chi connectivity index (χ2v) is 5.30. The number of hydrogen-bond acceptors (Lipinski definition) is 7. The summed E-state index contributed by atoms with van der Waals surface area (Å²) in [5.41, 5.74) is 0. The van der Waals surface area contributed by atoms with Gasteiger partial charge in [-0.15, -0.1) is 10.2 Å². The topological polar surface area (TPSA) is 70.5 Å². The molecule has 1 rings (SSSR count). The van der Waals surface area contributed by atoms with E-state index in [0.29, 0.717) is 19.7 Å². The maximum absolute atomic E-state index is 9.61. The number of anilines is 1. The number of methoxy groups -OCH3 is 1. The standard InChI is InChI=1S/C11H22N4O2S/c1-4-5-12-11-14-13-10(18-11)7-15(2)6-9(16)8-17-3/h9,16H,4-8H2,1-3H3,(H,12,14). The first-order valence-electron chi connectivity index (χ1n) is 6.07. The summed E-state index contributed by atoms with van der Waals surface area (Å²) in [4.78, 5) is 2.01. The molecule has 1 atom stereocenters. The molecule has 1 aromatic heterocycles. The normalized spacial score (nSPS) is 12.9. The minimum atomic E-state index is -0.467. The average molecular weight is 274 g/mol. The van der Waals surface area contributed by atoms with Crippen molar-refractivity contribution < 1.29 is 9.84 Å². The fourth-order valence-corrected chi connectivity index (χ4v) is 2.37. The Labute approximate surface area is 112 Å². The van der Waals surface area contributed by atoms with Crippen LogP contribution in [0, 0.1) is 0 Å². The van der Waals surface area contributed by atoms with Crippen molar-refractivity contribution in [3.63, 3.8) is 0 Å². The van der Waals surface area contributed by atoms with Crippen LogP contribution >= 0.6 is 11.3 Å². The van der Waals surface area contributed by atoms with Gasteiger partial charge in [0.15, 0.2) is 0 Å². The maximum Gasteiger partial charge on any atom is 0.205 e. The van der Waals surface area contributed by atoms with Gasteiger partial charge in [0.05, 0.1) is 19.3 Å². The van der Waals surface area contributed by atoms with Crippen molar-refractivity contribution in [1.29, 1.82) is 0 Å². The molecular weight excluding hydrogens is 252 g/mol. The molecule has 104 valence electrons. The number of aliphatic hydroxyl groups is 1. The predicted octanol–water partition coefficient (Wildman–Crippen LogP) is 0.799. The van der Waals surface area contributed by atoms with Crippen LogP contribution in [0.15, 0.2) is 0 Å². The number of hydrogen-bond donors (Lipinski definition) is 2. The summed E-state index contributed by atoms with van der Waals surface area (Å²) in [5.74, 6) is 0. The predicted molar refractivity (Wildman–Crippen MR) is 72.9 cm³/mol. The summed E-state index contributed by atoms with van der Waals surface area (Å²) in [5, 5.41) is 22.8. The van der Waals surface area contributed by atoms with Gasteiger partial charge in [0.1, 0.15) is 5.01 Å². The largest absolute Gasteiger partial charge is 0.389 e. The second-order valence-electron chi connectivity index (χ2n) is 4.23. The number of aromatic nitrogens is 2. The van der Waals surface area contributed by atoms with Crippen molar-refractivity contribution >= 4 is 16.5 Å². The van der Waals surface area contributed by atoms with Crippen molar-refractivity contribution in [2.45, 2.75) is 26.0 Å². The highest BCUT2D eigenvalue weighted by Crippen LogP contribution is 2.16. The Hall–Kier alpha value is -0.760. The highest BCUT2D eigenvalue weighted by molar-refractivity contribution is 7.15. The molecule has 18 heavy (non-hydrogen) atoms. The smallest absolute Gasteiger partial charge is 0.205 e. The Morgan fingerprint density at radius 3 is 2.94 bits per heavy atom. The molecule has 0 radical (unpaired) electrons. The van der Waals surface area contributed by atoms with Gasteiger partial charge in [0.2, 0.25) is 5.13 Å². The average Bonchev–Trinajstić information content (AvgIpc) is 2.74. The van der Waals surface area contributed by atoms with Gasteiger partial charge in [-0.25, -0.2) is 0 Å². The fourth-order valence-electron chi connectivity index (χ4n) is 1.52. The first kappa shape index (κ1) is 15.3. The summed E-state index contributed by atoms with van der Waals surface area (Å²) in [6.07, 6.45) is 0.600. The summed E-state index contributed by atoms with van der Waals surface area (Å²) in [6.45, 7) is 4.62. The summed E-state index contributed by atoms with van der Waals surface area (Å²) < 4.78 is 4.89. The van der Waals surface area contributed by atoms with Crippen LogP contribution in [0.4, 0.5) is 5.13 Å². The van der Waals surface area contributed by atoms with Crippen LogP contribution in [-0.2, 0) is 11.3 Å². The van der Waals surface area contributed by atoms with E-state index in [2.05, 4.69) is 22.4 Å². The molecule has 0 aliphatic carbocycles. The minimum Gasteiger partial charge on any atom is -0.389 e. The van der Waals surface area contributed by atoms with Crippen molar-refractivity contribution in [2.75, 3.05) is 39.2 Å². The molecule has 0 saturated carbocycles. The van der Waals surface area contributed by atoms with Crippen molar-refractivity contribution in [3.05, 3.63) is 5.01 Å². The van der Waals surface area contributed by atoms with Gasteiger partial charge >= 0.3 is 0 Å². The Bertz CT molecular complexity index is 335. The fraction of sp³-hybridized carbons (Fsp3) is 0.818.